The van der Waals surface area contributed by atoms with Gasteiger partial charge in [0.1, 0.15) is 0 Å². The molecule has 0 heterocycles. The fourth-order valence-electron chi connectivity index (χ4n) is 2.01. The molecule has 0 saturated heterocycles. The van der Waals surface area contributed by atoms with E-state index < -0.39 is 0 Å². The van der Waals surface area contributed by atoms with E-state index in [9.17, 15) is 4.79 Å². The van der Waals surface area contributed by atoms with E-state index >= 15 is 0 Å². The van der Waals surface area contributed by atoms with Crippen molar-refractivity contribution in [2.75, 3.05) is 0 Å². The van der Waals surface area contributed by atoms with Crippen molar-refractivity contribution in [3.63, 3.8) is 0 Å². The topological polar surface area (TPSA) is 20.3 Å². The van der Waals surface area contributed by atoms with Crippen LogP contribution < -0.4 is 0 Å². The second-order valence-electron chi connectivity index (χ2n) is 3.94. The number of hydrogen-bond donors (Lipinski definition) is 0. The zero-order chi connectivity index (χ0) is 8.97. The summed E-state index contributed by atoms with van der Waals surface area (Å²) in [5.41, 5.74) is 0. The molecule has 1 aliphatic carbocycles. The molecule has 0 aromatic heterocycles. The van der Waals surface area contributed by atoms with Crippen LogP contribution in [0.4, 0.5) is 0 Å². The first kappa shape index (κ1) is 12.8. The largest absolute Gasteiger partial charge is 0.340 e. The number of carbonyl (C=O) groups excluding carboxylic acids is 1. The van der Waals surface area contributed by atoms with Gasteiger partial charge in [-0.3, -0.25) is 4.79 Å². The Bertz CT molecular complexity index is 144. The first-order chi connectivity index (χ1) is 5.75. The minimum Gasteiger partial charge on any atom is -0.340 e. The molecule has 0 aliphatic heterocycles. The second kappa shape index (κ2) is 6.25. The lowest BCUT2D eigenvalue weighted by molar-refractivity contribution is -0.122. The molecule has 1 fully saturated rings. The van der Waals surface area contributed by atoms with Crippen LogP contribution in [0.5, 0.6) is 0 Å². The minimum absolute atomic E-state index is 0. The molecule has 13 heavy (non-hydrogen) atoms. The van der Waals surface area contributed by atoms with E-state index in [4.69, 9.17) is 0 Å². The van der Waals surface area contributed by atoms with Gasteiger partial charge in [-0.15, -0.1) is 12.4 Å². The van der Waals surface area contributed by atoms with Crippen LogP contribution >= 0.6 is 12.4 Å². The maximum Gasteiger partial charge on any atom is 0.210 e. The van der Waals surface area contributed by atoms with Crippen LogP contribution in [0.1, 0.15) is 46.0 Å². The predicted octanol–water partition coefficient (Wildman–Crippen LogP) is 2.61. The Balaban J connectivity index is 0.00000144. The van der Waals surface area contributed by atoms with Gasteiger partial charge >= 0.3 is 0 Å². The van der Waals surface area contributed by atoms with Crippen molar-refractivity contribution in [3.8, 4) is 0 Å². The summed E-state index contributed by atoms with van der Waals surface area (Å²) in [4.78, 5) is 12.7. The Morgan fingerprint density at radius 2 is 1.77 bits per heavy atom. The molecule has 2 nitrogen and oxygen atoms in total. The zero-order valence-electron chi connectivity index (χ0n) is 8.53. The summed E-state index contributed by atoms with van der Waals surface area (Å²) in [6.07, 6.45) is 7.36. The third-order valence-corrected chi connectivity index (χ3v) is 2.71. The van der Waals surface area contributed by atoms with Crippen molar-refractivity contribution in [3.05, 3.63) is 0 Å². The fourth-order valence-corrected chi connectivity index (χ4v) is 2.01. The van der Waals surface area contributed by atoms with Crippen molar-refractivity contribution >= 4 is 18.8 Å². The molecule has 0 aromatic carbocycles. The van der Waals surface area contributed by atoms with E-state index in [2.05, 4.69) is 13.8 Å². The van der Waals surface area contributed by atoms with E-state index in [1.54, 1.807) is 0 Å². The highest BCUT2D eigenvalue weighted by atomic mass is 35.5. The number of amides is 1. The monoisotopic (exact) mass is 205 g/mol. The van der Waals surface area contributed by atoms with Crippen molar-refractivity contribution in [2.24, 2.45) is 0 Å². The summed E-state index contributed by atoms with van der Waals surface area (Å²) in [7, 11) is 0. The molecule has 0 atom stereocenters. The molecule has 0 unspecified atom stereocenters. The Labute approximate surface area is 87.1 Å². The van der Waals surface area contributed by atoms with Crippen LogP contribution in [0.25, 0.3) is 0 Å². The molecule has 3 heteroatoms. The lowest BCUT2D eigenvalue weighted by Gasteiger charge is -2.34. The minimum atomic E-state index is 0. The highest BCUT2D eigenvalue weighted by molar-refractivity contribution is 5.85. The lowest BCUT2D eigenvalue weighted by atomic mass is 9.94. The predicted molar refractivity (Wildman–Crippen MR) is 57.2 cm³/mol. The summed E-state index contributed by atoms with van der Waals surface area (Å²) in [6.45, 7) is 4.17. The van der Waals surface area contributed by atoms with Crippen LogP contribution in [0, 0.1) is 0 Å². The Kier molecular flexibility index (Phi) is 6.13. The molecule has 1 aliphatic rings. The highest BCUT2D eigenvalue weighted by Gasteiger charge is 2.21. The maximum absolute atomic E-state index is 10.8. The molecular weight excluding hydrogens is 186 g/mol. The Hall–Kier alpha value is -0.240. The Morgan fingerprint density at radius 1 is 1.23 bits per heavy atom. The van der Waals surface area contributed by atoms with Crippen LogP contribution in [0.3, 0.4) is 0 Å². The molecule has 0 bridgehead atoms. The molecule has 1 rings (SSSR count). The SMILES string of the molecule is CC(C)N(C=O)C1CCCCC1.Cl. The number of hydrogen-bond acceptors (Lipinski definition) is 1. The van der Waals surface area contributed by atoms with Crippen molar-refractivity contribution in [1.29, 1.82) is 0 Å². The second-order valence-corrected chi connectivity index (χ2v) is 3.94. The molecule has 0 N–H and O–H groups in total. The van der Waals surface area contributed by atoms with Gasteiger partial charge in [-0.2, -0.15) is 0 Å². The van der Waals surface area contributed by atoms with Gasteiger partial charge in [0.25, 0.3) is 0 Å². The van der Waals surface area contributed by atoms with Crippen LogP contribution in [0.2, 0.25) is 0 Å². The number of carbonyl (C=O) groups is 1. The third-order valence-electron chi connectivity index (χ3n) is 2.71. The van der Waals surface area contributed by atoms with Gasteiger partial charge in [0.05, 0.1) is 0 Å². The normalized spacial score (nSPS) is 18.1. The van der Waals surface area contributed by atoms with Gasteiger partial charge in [0.2, 0.25) is 6.41 Å². The zero-order valence-corrected chi connectivity index (χ0v) is 9.35. The first-order valence-corrected chi connectivity index (χ1v) is 4.98. The standard InChI is InChI=1S/C10H19NO.ClH/c1-9(2)11(8-12)10-6-4-3-5-7-10;/h8-10H,3-7H2,1-2H3;1H. The number of nitrogens with zero attached hydrogens (tertiary/aromatic N) is 1. The molecule has 0 radical (unpaired) electrons. The van der Waals surface area contributed by atoms with E-state index in [1.165, 1.54) is 32.1 Å². The van der Waals surface area contributed by atoms with Gasteiger partial charge in [-0.1, -0.05) is 19.3 Å². The number of halogens is 1. The van der Waals surface area contributed by atoms with Gasteiger partial charge in [-0.25, -0.2) is 0 Å². The lowest BCUT2D eigenvalue weighted by Crippen LogP contribution is -2.40. The highest BCUT2D eigenvalue weighted by Crippen LogP contribution is 2.22. The van der Waals surface area contributed by atoms with Crippen molar-refractivity contribution < 1.29 is 4.79 Å². The number of rotatable bonds is 3. The smallest absolute Gasteiger partial charge is 0.210 e. The van der Waals surface area contributed by atoms with Gasteiger partial charge in [0, 0.05) is 12.1 Å². The first-order valence-electron chi connectivity index (χ1n) is 4.98. The van der Waals surface area contributed by atoms with Crippen LogP contribution in [-0.2, 0) is 4.79 Å². The van der Waals surface area contributed by atoms with Crippen molar-refractivity contribution in [1.82, 2.24) is 4.90 Å². The molecule has 0 aromatic rings. The molecule has 1 saturated carbocycles. The quantitative estimate of drug-likeness (QED) is 0.649. The average molecular weight is 206 g/mol. The van der Waals surface area contributed by atoms with Crippen LogP contribution in [-0.4, -0.2) is 23.4 Å². The van der Waals surface area contributed by atoms with Crippen LogP contribution in [0.15, 0.2) is 0 Å². The molecular formula is C10H20ClNO. The van der Waals surface area contributed by atoms with E-state index in [1.807, 2.05) is 4.90 Å². The fraction of sp³-hybridized carbons (Fsp3) is 0.900. The van der Waals surface area contributed by atoms with E-state index in [0.29, 0.717) is 12.1 Å². The summed E-state index contributed by atoms with van der Waals surface area (Å²) in [6, 6.07) is 0.891. The average Bonchev–Trinajstić information content (AvgIpc) is 2.07. The Morgan fingerprint density at radius 3 is 2.15 bits per heavy atom. The summed E-state index contributed by atoms with van der Waals surface area (Å²) in [5, 5.41) is 0. The van der Waals surface area contributed by atoms with Gasteiger partial charge in [-0.05, 0) is 26.7 Å². The summed E-state index contributed by atoms with van der Waals surface area (Å²) >= 11 is 0. The summed E-state index contributed by atoms with van der Waals surface area (Å²) < 4.78 is 0. The van der Waals surface area contributed by atoms with E-state index in [-0.39, 0.29) is 12.4 Å². The molecule has 0 spiro atoms. The third kappa shape index (κ3) is 3.55. The molecule has 1 amide bonds. The van der Waals surface area contributed by atoms with Gasteiger partial charge in [0.15, 0.2) is 0 Å². The summed E-state index contributed by atoms with van der Waals surface area (Å²) in [5.74, 6) is 0. The maximum atomic E-state index is 10.8. The van der Waals surface area contributed by atoms with Crippen molar-refractivity contribution in [2.45, 2.75) is 58.0 Å². The van der Waals surface area contributed by atoms with Gasteiger partial charge < -0.3 is 4.90 Å². The molecule has 78 valence electrons. The van der Waals surface area contributed by atoms with E-state index in [0.717, 1.165) is 6.41 Å².